The van der Waals surface area contributed by atoms with Crippen LogP contribution in [0.5, 0.6) is 0 Å². The number of amides is 1. The summed E-state index contributed by atoms with van der Waals surface area (Å²) < 4.78 is 5.29. The highest BCUT2D eigenvalue weighted by atomic mass is 127. The van der Waals surface area contributed by atoms with Crippen LogP contribution < -0.4 is 5.32 Å². The molecule has 7 heteroatoms. The fourth-order valence-corrected chi connectivity index (χ4v) is 2.67. The quantitative estimate of drug-likeness (QED) is 0.732. The number of halogens is 1. The number of hydrogen-bond donors (Lipinski definition) is 1. The summed E-state index contributed by atoms with van der Waals surface area (Å²) in [6, 6.07) is 7.80. The summed E-state index contributed by atoms with van der Waals surface area (Å²) in [5.41, 5.74) is 1.82. The third-order valence-electron chi connectivity index (χ3n) is 3.98. The third kappa shape index (κ3) is 4.57. The standard InChI is InChI=1S/C16H22N4O2.HI/c1-19-6-5-17-16(19)18-12-13-3-2-4-14(11-13)15(21)20-7-9-22-10-8-20;/h2-4,11H,5-10,12H2,1H3,(H,17,18);1H. The molecule has 1 amide bonds. The average Bonchev–Trinajstić information content (AvgIpc) is 2.98. The van der Waals surface area contributed by atoms with Gasteiger partial charge in [-0.2, -0.15) is 0 Å². The highest BCUT2D eigenvalue weighted by Gasteiger charge is 2.18. The van der Waals surface area contributed by atoms with E-state index in [-0.39, 0.29) is 29.9 Å². The Balaban J connectivity index is 0.00000192. The largest absolute Gasteiger partial charge is 0.378 e. The van der Waals surface area contributed by atoms with Crippen molar-refractivity contribution in [2.75, 3.05) is 46.4 Å². The molecule has 2 aliphatic rings. The molecule has 0 spiro atoms. The van der Waals surface area contributed by atoms with Gasteiger partial charge >= 0.3 is 0 Å². The van der Waals surface area contributed by atoms with Crippen molar-refractivity contribution >= 4 is 35.8 Å². The van der Waals surface area contributed by atoms with Crippen LogP contribution in [0.15, 0.2) is 29.3 Å². The van der Waals surface area contributed by atoms with Gasteiger partial charge in [-0.1, -0.05) is 12.1 Å². The number of carbonyl (C=O) groups excluding carboxylic acids is 1. The number of nitrogens with one attached hydrogen (secondary N) is 1. The monoisotopic (exact) mass is 430 g/mol. The molecule has 1 aromatic carbocycles. The number of ether oxygens (including phenoxy) is 1. The predicted octanol–water partition coefficient (Wildman–Crippen LogP) is 1.17. The molecule has 1 aromatic rings. The highest BCUT2D eigenvalue weighted by Crippen LogP contribution is 2.10. The first kappa shape index (κ1) is 18.0. The molecule has 1 N–H and O–H groups in total. The van der Waals surface area contributed by atoms with Gasteiger partial charge in [-0.25, -0.2) is 0 Å². The number of benzene rings is 1. The first-order valence-electron chi connectivity index (χ1n) is 7.69. The molecule has 0 aliphatic carbocycles. The van der Waals surface area contributed by atoms with Gasteiger partial charge in [-0.3, -0.25) is 9.79 Å². The zero-order valence-corrected chi connectivity index (χ0v) is 15.7. The van der Waals surface area contributed by atoms with E-state index >= 15 is 0 Å². The molecule has 6 nitrogen and oxygen atoms in total. The Morgan fingerprint density at radius 1 is 1.30 bits per heavy atom. The second kappa shape index (κ2) is 8.49. The van der Waals surface area contributed by atoms with Crippen LogP contribution in [0.4, 0.5) is 0 Å². The molecule has 2 heterocycles. The molecular formula is C16H23IN4O2. The van der Waals surface area contributed by atoms with E-state index in [9.17, 15) is 4.79 Å². The summed E-state index contributed by atoms with van der Waals surface area (Å²) in [5.74, 6) is 1.00. The zero-order valence-electron chi connectivity index (χ0n) is 13.3. The fourth-order valence-electron chi connectivity index (χ4n) is 2.67. The molecule has 0 radical (unpaired) electrons. The lowest BCUT2D eigenvalue weighted by atomic mass is 10.1. The van der Waals surface area contributed by atoms with Gasteiger partial charge in [0.2, 0.25) is 0 Å². The van der Waals surface area contributed by atoms with Crippen LogP contribution in [0, 0.1) is 0 Å². The molecule has 1 saturated heterocycles. The normalized spacial score (nSPS) is 17.5. The van der Waals surface area contributed by atoms with E-state index in [1.807, 2.05) is 36.2 Å². The minimum absolute atomic E-state index is 0. The van der Waals surface area contributed by atoms with Crippen molar-refractivity contribution in [3.63, 3.8) is 0 Å². The molecule has 0 saturated carbocycles. The summed E-state index contributed by atoms with van der Waals surface area (Å²) >= 11 is 0. The van der Waals surface area contributed by atoms with Crippen LogP contribution in [0.2, 0.25) is 0 Å². The van der Waals surface area contributed by atoms with Crippen molar-refractivity contribution in [3.8, 4) is 0 Å². The number of nitrogens with zero attached hydrogens (tertiary/aromatic N) is 3. The van der Waals surface area contributed by atoms with Crippen LogP contribution in [0.25, 0.3) is 0 Å². The number of likely N-dealkylation sites (N-methyl/N-ethyl adjacent to an activating group) is 1. The smallest absolute Gasteiger partial charge is 0.254 e. The molecule has 0 bridgehead atoms. The molecular weight excluding hydrogens is 407 g/mol. The van der Waals surface area contributed by atoms with Gasteiger partial charge in [0, 0.05) is 38.8 Å². The van der Waals surface area contributed by atoms with Crippen LogP contribution in [-0.2, 0) is 11.3 Å². The van der Waals surface area contributed by atoms with Crippen molar-refractivity contribution in [3.05, 3.63) is 35.4 Å². The molecule has 0 unspecified atom stereocenters. The van der Waals surface area contributed by atoms with E-state index in [4.69, 9.17) is 4.74 Å². The lowest BCUT2D eigenvalue weighted by Crippen LogP contribution is -2.40. The van der Waals surface area contributed by atoms with Crippen molar-refractivity contribution in [2.45, 2.75) is 6.54 Å². The summed E-state index contributed by atoms with van der Waals surface area (Å²) in [5, 5.41) is 3.32. The Morgan fingerprint density at radius 2 is 2.09 bits per heavy atom. The van der Waals surface area contributed by atoms with Gasteiger partial charge in [0.05, 0.1) is 19.8 Å². The van der Waals surface area contributed by atoms with E-state index in [1.165, 1.54) is 0 Å². The Morgan fingerprint density at radius 3 is 2.78 bits per heavy atom. The minimum Gasteiger partial charge on any atom is -0.378 e. The summed E-state index contributed by atoms with van der Waals surface area (Å²) in [4.78, 5) is 20.8. The first-order valence-corrected chi connectivity index (χ1v) is 7.69. The number of guanidine groups is 1. The summed E-state index contributed by atoms with van der Waals surface area (Å²) in [6.07, 6.45) is 0. The Labute approximate surface area is 153 Å². The predicted molar refractivity (Wildman–Crippen MR) is 100 cm³/mol. The minimum atomic E-state index is 0. The van der Waals surface area contributed by atoms with Crippen molar-refractivity contribution in [2.24, 2.45) is 4.99 Å². The van der Waals surface area contributed by atoms with Gasteiger partial charge in [-0.15, -0.1) is 24.0 Å². The van der Waals surface area contributed by atoms with E-state index < -0.39 is 0 Å². The molecule has 3 rings (SSSR count). The van der Waals surface area contributed by atoms with Crippen LogP contribution in [0.1, 0.15) is 15.9 Å². The molecule has 0 aromatic heterocycles. The maximum atomic E-state index is 12.5. The Kier molecular flexibility index (Phi) is 6.64. The number of hydrogen-bond acceptors (Lipinski definition) is 5. The van der Waals surface area contributed by atoms with Crippen LogP contribution in [0.3, 0.4) is 0 Å². The lowest BCUT2D eigenvalue weighted by Gasteiger charge is -2.27. The SMILES string of the molecule is CN1CCN=C1NCc1cccc(C(=O)N2CCOCC2)c1.I. The van der Waals surface area contributed by atoms with Gasteiger partial charge < -0.3 is 19.9 Å². The average molecular weight is 430 g/mol. The number of morpholine rings is 1. The van der Waals surface area contributed by atoms with Crippen molar-refractivity contribution in [1.82, 2.24) is 15.1 Å². The number of rotatable bonds is 3. The van der Waals surface area contributed by atoms with Crippen LogP contribution in [-0.4, -0.2) is 68.1 Å². The maximum absolute atomic E-state index is 12.5. The van der Waals surface area contributed by atoms with Gasteiger partial charge in [0.25, 0.3) is 5.91 Å². The molecule has 0 atom stereocenters. The zero-order chi connectivity index (χ0) is 15.4. The van der Waals surface area contributed by atoms with Gasteiger partial charge in [-0.05, 0) is 17.7 Å². The number of aliphatic imine (C=N–C) groups is 1. The number of carbonyl (C=O) groups is 1. The second-order valence-electron chi connectivity index (χ2n) is 5.59. The van der Waals surface area contributed by atoms with Gasteiger partial charge in [0.15, 0.2) is 5.96 Å². The molecule has 2 aliphatic heterocycles. The summed E-state index contributed by atoms with van der Waals surface area (Å²) in [6.45, 7) is 5.06. The van der Waals surface area contributed by atoms with E-state index in [0.29, 0.717) is 32.8 Å². The maximum Gasteiger partial charge on any atom is 0.254 e. The van der Waals surface area contributed by atoms with Crippen LogP contribution >= 0.6 is 24.0 Å². The van der Waals surface area contributed by atoms with Crippen molar-refractivity contribution < 1.29 is 9.53 Å². The topological polar surface area (TPSA) is 57.2 Å². The Bertz CT molecular complexity index is 573. The van der Waals surface area contributed by atoms with Gasteiger partial charge in [0.1, 0.15) is 0 Å². The molecule has 23 heavy (non-hydrogen) atoms. The molecule has 126 valence electrons. The van der Waals surface area contributed by atoms with Crippen molar-refractivity contribution in [1.29, 1.82) is 0 Å². The van der Waals surface area contributed by atoms with E-state index in [2.05, 4.69) is 15.2 Å². The van der Waals surface area contributed by atoms with E-state index in [0.717, 1.165) is 30.2 Å². The Hall–Kier alpha value is -1.35. The lowest BCUT2D eigenvalue weighted by molar-refractivity contribution is 0.0303. The fraction of sp³-hybridized carbons (Fsp3) is 0.500. The second-order valence-corrected chi connectivity index (χ2v) is 5.59. The highest BCUT2D eigenvalue weighted by molar-refractivity contribution is 14.0. The third-order valence-corrected chi connectivity index (χ3v) is 3.98. The molecule has 1 fully saturated rings. The summed E-state index contributed by atoms with van der Waals surface area (Å²) in [7, 11) is 2.03. The first-order chi connectivity index (χ1) is 10.7. The van der Waals surface area contributed by atoms with E-state index in [1.54, 1.807) is 0 Å².